The molecule has 3 heterocycles. The zero-order chi connectivity index (χ0) is 14.4. The molecule has 2 bridgehead atoms. The van der Waals surface area contributed by atoms with Gasteiger partial charge in [-0.15, -0.1) is 0 Å². The van der Waals surface area contributed by atoms with E-state index in [4.69, 9.17) is 4.74 Å². The third kappa shape index (κ3) is 1.10. The topological polar surface area (TPSA) is 29.5 Å². The number of hydrogen-bond donors (Lipinski definition) is 0. The second kappa shape index (κ2) is 3.52. The molecule has 21 heavy (non-hydrogen) atoms. The molecule has 3 fully saturated rings. The van der Waals surface area contributed by atoms with E-state index in [1.54, 1.807) is 0 Å². The summed E-state index contributed by atoms with van der Waals surface area (Å²) >= 11 is 0. The number of para-hydroxylation sites is 1. The highest BCUT2D eigenvalue weighted by atomic mass is 16.5. The molecule has 3 nitrogen and oxygen atoms in total. The van der Waals surface area contributed by atoms with Crippen molar-refractivity contribution in [1.29, 1.82) is 0 Å². The molecule has 110 valence electrons. The summed E-state index contributed by atoms with van der Waals surface area (Å²) in [5, 5.41) is 0. The third-order valence-corrected chi connectivity index (χ3v) is 6.80. The fraction of sp³-hybridized carbons (Fsp3) is 0.611. The van der Waals surface area contributed by atoms with Gasteiger partial charge in [0.1, 0.15) is 6.10 Å². The van der Waals surface area contributed by atoms with E-state index in [1.807, 2.05) is 0 Å². The number of Topliss-reactive ketones (excluding diaryl/α,β-unsaturated/α-hetero) is 1. The summed E-state index contributed by atoms with van der Waals surface area (Å²) in [6.07, 6.45) is 4.15. The molecule has 3 aliphatic heterocycles. The van der Waals surface area contributed by atoms with Crippen molar-refractivity contribution >= 4 is 11.5 Å². The van der Waals surface area contributed by atoms with Crippen LogP contribution in [0.2, 0.25) is 0 Å². The molecular weight excluding hydrogens is 262 g/mol. The molecule has 0 amide bonds. The number of likely N-dealkylation sites (N-methyl/N-ethyl adjacent to an activating group) is 1. The number of ketones is 1. The molecular formula is C18H21NO2. The van der Waals surface area contributed by atoms with Gasteiger partial charge in [0.15, 0.2) is 5.78 Å². The number of carbonyl (C=O) groups excluding carboxylic acids is 1. The Bertz CT molecular complexity index is 656. The van der Waals surface area contributed by atoms with E-state index in [0.717, 1.165) is 19.3 Å². The van der Waals surface area contributed by atoms with E-state index in [9.17, 15) is 4.79 Å². The molecule has 2 saturated heterocycles. The van der Waals surface area contributed by atoms with Gasteiger partial charge < -0.3 is 9.64 Å². The molecule has 1 aromatic rings. The van der Waals surface area contributed by atoms with Gasteiger partial charge in [-0.1, -0.05) is 31.0 Å². The standard InChI is InChI=1S/C18H21NO2/c1-17-9-5-6-10-18(17)13-11-7-3-4-8-12(11)19(2)14(13)15(21-18)16(17)20/h3-4,7-8,13-15H,5-6,9-10H2,1-2H3/t13-,14+,15+,17+,18-/m1/s1. The molecule has 5 rings (SSSR count). The summed E-state index contributed by atoms with van der Waals surface area (Å²) in [4.78, 5) is 15.3. The normalized spacial score (nSPS) is 46.5. The highest BCUT2D eigenvalue weighted by molar-refractivity contribution is 5.96. The maximum absolute atomic E-state index is 13.0. The van der Waals surface area contributed by atoms with Crippen LogP contribution < -0.4 is 4.90 Å². The smallest absolute Gasteiger partial charge is 0.172 e. The molecule has 3 heteroatoms. The number of nitrogens with zero attached hydrogens (tertiary/aromatic N) is 1. The van der Waals surface area contributed by atoms with Crippen LogP contribution in [0, 0.1) is 5.41 Å². The van der Waals surface area contributed by atoms with Crippen molar-refractivity contribution in [3.8, 4) is 0 Å². The van der Waals surface area contributed by atoms with Gasteiger partial charge in [-0.2, -0.15) is 0 Å². The van der Waals surface area contributed by atoms with Crippen LogP contribution >= 0.6 is 0 Å². The van der Waals surface area contributed by atoms with Crippen LogP contribution in [0.4, 0.5) is 5.69 Å². The Labute approximate surface area is 125 Å². The Morgan fingerprint density at radius 2 is 2.00 bits per heavy atom. The molecule has 1 spiro atoms. The first-order valence-corrected chi connectivity index (χ1v) is 8.14. The minimum atomic E-state index is -0.268. The second-order valence-electron chi connectivity index (χ2n) is 7.47. The summed E-state index contributed by atoms with van der Waals surface area (Å²) in [5.41, 5.74) is 2.17. The highest BCUT2D eigenvalue weighted by Crippen LogP contribution is 2.68. The van der Waals surface area contributed by atoms with E-state index >= 15 is 0 Å². The van der Waals surface area contributed by atoms with Crippen molar-refractivity contribution in [1.82, 2.24) is 0 Å². The lowest BCUT2D eigenvalue weighted by Gasteiger charge is -2.49. The van der Waals surface area contributed by atoms with Gasteiger partial charge >= 0.3 is 0 Å². The predicted octanol–water partition coefficient (Wildman–Crippen LogP) is 2.89. The minimum absolute atomic E-state index is 0.209. The predicted molar refractivity (Wildman–Crippen MR) is 80.6 cm³/mol. The van der Waals surface area contributed by atoms with Crippen LogP contribution in [0.1, 0.15) is 44.1 Å². The third-order valence-electron chi connectivity index (χ3n) is 6.80. The first-order valence-electron chi connectivity index (χ1n) is 8.14. The SMILES string of the molecule is CN1c2ccccc2[C@@H]2[C@H]1[C@@H]1O[C@]23CCCC[C@@]3(C)C1=O. The molecule has 0 aromatic heterocycles. The lowest BCUT2D eigenvalue weighted by Crippen LogP contribution is -2.58. The number of hydrogen-bond acceptors (Lipinski definition) is 3. The average Bonchev–Trinajstić information content (AvgIpc) is 3.06. The van der Waals surface area contributed by atoms with Crippen molar-refractivity contribution in [2.45, 2.75) is 56.3 Å². The monoisotopic (exact) mass is 283 g/mol. The number of fused-ring (bicyclic) bond motifs is 5. The van der Waals surface area contributed by atoms with Gasteiger partial charge in [-0.3, -0.25) is 4.79 Å². The van der Waals surface area contributed by atoms with Gasteiger partial charge in [0.05, 0.1) is 17.1 Å². The number of benzene rings is 1. The minimum Gasteiger partial charge on any atom is -0.368 e. The number of rotatable bonds is 0. The van der Waals surface area contributed by atoms with Crippen molar-refractivity contribution in [3.05, 3.63) is 29.8 Å². The van der Waals surface area contributed by atoms with Gasteiger partial charge in [-0.25, -0.2) is 0 Å². The summed E-state index contributed by atoms with van der Waals surface area (Å²) in [5.74, 6) is 0.731. The summed E-state index contributed by atoms with van der Waals surface area (Å²) in [6, 6.07) is 8.86. The van der Waals surface area contributed by atoms with Crippen LogP contribution in [0.3, 0.4) is 0 Å². The molecule has 1 aromatic carbocycles. The van der Waals surface area contributed by atoms with Crippen LogP contribution in [0.15, 0.2) is 24.3 Å². The fourth-order valence-corrected chi connectivity index (χ4v) is 5.81. The summed E-state index contributed by atoms with van der Waals surface area (Å²) < 4.78 is 6.48. The van der Waals surface area contributed by atoms with E-state index < -0.39 is 0 Å². The Hall–Kier alpha value is -1.35. The molecule has 1 saturated carbocycles. The Morgan fingerprint density at radius 1 is 1.24 bits per heavy atom. The molecule has 0 unspecified atom stereocenters. The number of anilines is 1. The van der Waals surface area contributed by atoms with Crippen molar-refractivity contribution in [2.75, 3.05) is 11.9 Å². The van der Waals surface area contributed by atoms with Crippen LogP contribution in [-0.2, 0) is 9.53 Å². The lowest BCUT2D eigenvalue weighted by atomic mass is 9.53. The van der Waals surface area contributed by atoms with E-state index in [2.05, 4.69) is 43.1 Å². The quantitative estimate of drug-likeness (QED) is 0.733. The fourth-order valence-electron chi connectivity index (χ4n) is 5.81. The molecule has 0 radical (unpaired) electrons. The molecule has 4 aliphatic rings. The van der Waals surface area contributed by atoms with E-state index in [-0.39, 0.29) is 23.2 Å². The van der Waals surface area contributed by atoms with Crippen LogP contribution in [-0.4, -0.2) is 30.6 Å². The largest absolute Gasteiger partial charge is 0.368 e. The van der Waals surface area contributed by atoms with Crippen LogP contribution in [0.5, 0.6) is 0 Å². The Morgan fingerprint density at radius 3 is 2.86 bits per heavy atom. The summed E-state index contributed by atoms with van der Waals surface area (Å²) in [6.45, 7) is 2.17. The van der Waals surface area contributed by atoms with Crippen molar-refractivity contribution in [3.63, 3.8) is 0 Å². The second-order valence-corrected chi connectivity index (χ2v) is 7.47. The molecule has 0 N–H and O–H groups in total. The first kappa shape index (κ1) is 12.2. The van der Waals surface area contributed by atoms with Gasteiger partial charge in [0.25, 0.3) is 0 Å². The lowest BCUT2D eigenvalue weighted by molar-refractivity contribution is -0.133. The Kier molecular flexibility index (Phi) is 2.05. The zero-order valence-electron chi connectivity index (χ0n) is 12.6. The maximum Gasteiger partial charge on any atom is 0.172 e. The van der Waals surface area contributed by atoms with Gasteiger partial charge in [0.2, 0.25) is 0 Å². The number of carbonyl (C=O) groups is 1. The molecule has 5 atom stereocenters. The average molecular weight is 283 g/mol. The van der Waals surface area contributed by atoms with E-state index in [1.165, 1.54) is 17.7 Å². The Balaban J connectivity index is 1.76. The molecule has 1 aliphatic carbocycles. The highest BCUT2D eigenvalue weighted by Gasteiger charge is 2.76. The van der Waals surface area contributed by atoms with E-state index in [0.29, 0.717) is 11.7 Å². The summed E-state index contributed by atoms with van der Waals surface area (Å²) in [7, 11) is 2.12. The van der Waals surface area contributed by atoms with Gasteiger partial charge in [0, 0.05) is 18.7 Å². The first-order chi connectivity index (χ1) is 10.1. The van der Waals surface area contributed by atoms with Crippen LogP contribution in [0.25, 0.3) is 0 Å². The number of ether oxygens (including phenoxy) is 1. The maximum atomic E-state index is 13.0. The van der Waals surface area contributed by atoms with Crippen molar-refractivity contribution in [2.24, 2.45) is 5.41 Å². The van der Waals surface area contributed by atoms with Gasteiger partial charge in [-0.05, 0) is 31.4 Å². The zero-order valence-corrected chi connectivity index (χ0v) is 12.6. The van der Waals surface area contributed by atoms with Crippen molar-refractivity contribution < 1.29 is 9.53 Å².